The molecule has 5 heteroatoms. The van der Waals surface area contributed by atoms with Crippen LogP contribution in [0.3, 0.4) is 0 Å². The van der Waals surface area contributed by atoms with Crippen molar-refractivity contribution in [2.45, 2.75) is 63.3 Å². The number of hydrogen-bond acceptors (Lipinski definition) is 5. The van der Waals surface area contributed by atoms with Crippen molar-refractivity contribution in [2.24, 2.45) is 11.3 Å². The van der Waals surface area contributed by atoms with Crippen LogP contribution in [0, 0.1) is 11.3 Å². The first-order chi connectivity index (χ1) is 13.1. The molecule has 1 atom stereocenters. The van der Waals surface area contributed by atoms with Crippen LogP contribution in [0.25, 0.3) is 0 Å². The summed E-state index contributed by atoms with van der Waals surface area (Å²) in [5.74, 6) is -0.450. The lowest BCUT2D eigenvalue weighted by atomic mass is 9.59. The zero-order valence-corrected chi connectivity index (χ0v) is 16.3. The van der Waals surface area contributed by atoms with Crippen molar-refractivity contribution in [2.75, 3.05) is 20.2 Å². The lowest BCUT2D eigenvalue weighted by molar-refractivity contribution is -0.240. The van der Waals surface area contributed by atoms with Crippen LogP contribution in [-0.2, 0) is 9.68 Å². The Hall–Kier alpha value is -1.43. The molecule has 2 aliphatic rings. The molecule has 0 aromatic heterocycles. The Morgan fingerprint density at radius 2 is 1.81 bits per heavy atom. The van der Waals surface area contributed by atoms with Gasteiger partial charge in [-0.15, -0.1) is 0 Å². The molecular weight excluding hydrogens is 342 g/mol. The largest absolute Gasteiger partial charge is 0.395 e. The highest BCUT2D eigenvalue weighted by Gasteiger charge is 2.52. The molecule has 0 amide bonds. The molecule has 0 saturated heterocycles. The second-order valence-electron chi connectivity index (χ2n) is 8.40. The Labute approximate surface area is 162 Å². The summed E-state index contributed by atoms with van der Waals surface area (Å²) in [4.78, 5) is 19.3. The summed E-state index contributed by atoms with van der Waals surface area (Å²) < 4.78 is 0. The molecule has 150 valence electrons. The number of carbonyl (C=O) groups is 1. The minimum absolute atomic E-state index is 0.123. The van der Waals surface area contributed by atoms with E-state index in [1.165, 1.54) is 0 Å². The van der Waals surface area contributed by atoms with E-state index >= 15 is 0 Å². The van der Waals surface area contributed by atoms with E-state index in [0.29, 0.717) is 18.5 Å². The molecule has 2 saturated carbocycles. The average Bonchev–Trinajstić information content (AvgIpc) is 3.19. The van der Waals surface area contributed by atoms with Crippen LogP contribution >= 0.6 is 0 Å². The lowest BCUT2D eigenvalue weighted by Crippen LogP contribution is -2.44. The predicted octanol–water partition coefficient (Wildman–Crippen LogP) is 3.83. The second kappa shape index (κ2) is 9.18. The van der Waals surface area contributed by atoms with Gasteiger partial charge in [0, 0.05) is 12.6 Å². The summed E-state index contributed by atoms with van der Waals surface area (Å²) in [5, 5.41) is 18.4. The van der Waals surface area contributed by atoms with E-state index in [1.807, 2.05) is 30.3 Å². The third-order valence-corrected chi connectivity index (χ3v) is 7.15. The maximum absolute atomic E-state index is 12.7. The molecule has 1 aromatic rings. The standard InChI is InChI=1S/C22H33NO4/c1-23(15-16-24)19-11-9-18(10-12-19)22(13-5-6-14-22)20(21(25)27-26)17-7-3-2-4-8-17/h2-4,7-8,18-20,24,26H,5-6,9-16H2,1H3/t18?,19?,20-/m1/s1. The van der Waals surface area contributed by atoms with Gasteiger partial charge in [-0.25, -0.2) is 4.79 Å². The van der Waals surface area contributed by atoms with Crippen LogP contribution in [0.5, 0.6) is 0 Å². The second-order valence-corrected chi connectivity index (χ2v) is 8.40. The zero-order valence-electron chi connectivity index (χ0n) is 16.3. The predicted molar refractivity (Wildman–Crippen MR) is 104 cm³/mol. The van der Waals surface area contributed by atoms with Crippen molar-refractivity contribution in [3.8, 4) is 0 Å². The molecule has 2 N–H and O–H groups in total. The molecule has 0 radical (unpaired) electrons. The van der Waals surface area contributed by atoms with Gasteiger partial charge in [0.25, 0.3) is 0 Å². The van der Waals surface area contributed by atoms with Crippen molar-refractivity contribution in [3.05, 3.63) is 35.9 Å². The monoisotopic (exact) mass is 375 g/mol. The number of hydrogen-bond donors (Lipinski definition) is 2. The molecule has 27 heavy (non-hydrogen) atoms. The third kappa shape index (κ3) is 4.20. The van der Waals surface area contributed by atoms with Crippen LogP contribution in [0.1, 0.15) is 62.8 Å². The number of benzene rings is 1. The highest BCUT2D eigenvalue weighted by molar-refractivity contribution is 5.79. The zero-order chi connectivity index (χ0) is 19.3. The summed E-state index contributed by atoms with van der Waals surface area (Å²) in [6.07, 6.45) is 8.66. The molecule has 2 fully saturated rings. The van der Waals surface area contributed by atoms with Crippen LogP contribution < -0.4 is 0 Å². The number of rotatable bonds is 7. The third-order valence-electron chi connectivity index (χ3n) is 7.15. The van der Waals surface area contributed by atoms with Crippen molar-refractivity contribution in [1.29, 1.82) is 0 Å². The highest BCUT2D eigenvalue weighted by Crippen LogP contribution is 2.57. The number of likely N-dealkylation sites (N-methyl/N-ethyl adjacent to an activating group) is 1. The van der Waals surface area contributed by atoms with E-state index in [2.05, 4.69) is 16.8 Å². The summed E-state index contributed by atoms with van der Waals surface area (Å²) >= 11 is 0. The van der Waals surface area contributed by atoms with Gasteiger partial charge in [-0.1, -0.05) is 43.2 Å². The highest BCUT2D eigenvalue weighted by atomic mass is 17.1. The van der Waals surface area contributed by atoms with Gasteiger partial charge in [-0.3, -0.25) is 0 Å². The van der Waals surface area contributed by atoms with Gasteiger partial charge in [0.2, 0.25) is 0 Å². The van der Waals surface area contributed by atoms with E-state index in [4.69, 9.17) is 0 Å². The first kappa shape index (κ1) is 20.3. The summed E-state index contributed by atoms with van der Waals surface area (Å²) in [6.45, 7) is 0.905. The fourth-order valence-corrected chi connectivity index (χ4v) is 5.80. The average molecular weight is 376 g/mol. The Kier molecular flexibility index (Phi) is 6.90. The summed E-state index contributed by atoms with van der Waals surface area (Å²) in [5.41, 5.74) is 0.833. The van der Waals surface area contributed by atoms with Gasteiger partial charge >= 0.3 is 5.97 Å². The van der Waals surface area contributed by atoms with E-state index in [9.17, 15) is 15.2 Å². The van der Waals surface area contributed by atoms with Gasteiger partial charge in [-0.2, -0.15) is 5.26 Å². The van der Waals surface area contributed by atoms with Crippen LogP contribution in [0.2, 0.25) is 0 Å². The molecule has 5 nitrogen and oxygen atoms in total. The Morgan fingerprint density at radius 3 is 2.37 bits per heavy atom. The maximum Gasteiger partial charge on any atom is 0.350 e. The van der Waals surface area contributed by atoms with Crippen molar-refractivity contribution in [3.63, 3.8) is 0 Å². The van der Waals surface area contributed by atoms with E-state index in [-0.39, 0.29) is 12.0 Å². The van der Waals surface area contributed by atoms with Crippen molar-refractivity contribution < 1.29 is 20.0 Å². The molecule has 3 rings (SSSR count). The molecular formula is C22H33NO4. The molecule has 1 aromatic carbocycles. The molecule has 0 aliphatic heterocycles. The van der Waals surface area contributed by atoms with Crippen molar-refractivity contribution >= 4 is 5.97 Å². The quantitative estimate of drug-likeness (QED) is 0.560. The van der Waals surface area contributed by atoms with Gasteiger partial charge in [-0.05, 0) is 62.5 Å². The molecule has 0 heterocycles. The van der Waals surface area contributed by atoms with E-state index < -0.39 is 11.9 Å². The minimum atomic E-state index is -0.511. The number of carbonyl (C=O) groups excluding carboxylic acids is 1. The van der Waals surface area contributed by atoms with Gasteiger partial charge in [0.1, 0.15) is 0 Å². The van der Waals surface area contributed by atoms with Gasteiger partial charge in [0.15, 0.2) is 0 Å². The Bertz CT molecular complexity index is 592. The molecule has 0 bridgehead atoms. The number of nitrogens with zero attached hydrogens (tertiary/aromatic N) is 1. The van der Waals surface area contributed by atoms with Crippen LogP contribution in [0.4, 0.5) is 0 Å². The van der Waals surface area contributed by atoms with E-state index in [1.54, 1.807) is 0 Å². The van der Waals surface area contributed by atoms with Crippen LogP contribution in [0.15, 0.2) is 30.3 Å². The topological polar surface area (TPSA) is 70.0 Å². The smallest absolute Gasteiger partial charge is 0.350 e. The number of aliphatic hydroxyl groups excluding tert-OH is 1. The fourth-order valence-electron chi connectivity index (χ4n) is 5.80. The van der Waals surface area contributed by atoms with Gasteiger partial charge in [0.05, 0.1) is 12.5 Å². The van der Waals surface area contributed by atoms with E-state index in [0.717, 1.165) is 56.9 Å². The normalized spacial score (nSPS) is 26.1. The Morgan fingerprint density at radius 1 is 1.19 bits per heavy atom. The fraction of sp³-hybridized carbons (Fsp3) is 0.682. The summed E-state index contributed by atoms with van der Waals surface area (Å²) in [7, 11) is 2.09. The van der Waals surface area contributed by atoms with Crippen LogP contribution in [-0.4, -0.2) is 47.5 Å². The first-order valence-electron chi connectivity index (χ1n) is 10.3. The summed E-state index contributed by atoms with van der Waals surface area (Å²) in [6, 6.07) is 10.3. The minimum Gasteiger partial charge on any atom is -0.395 e. The molecule has 2 aliphatic carbocycles. The maximum atomic E-state index is 12.7. The number of aliphatic hydroxyl groups is 1. The molecule has 0 unspecified atom stereocenters. The SMILES string of the molecule is CN(CCO)C1CCC(C2([C@@H](C(=O)OO)c3ccccc3)CCCC2)CC1. The first-order valence-corrected chi connectivity index (χ1v) is 10.3. The van der Waals surface area contributed by atoms with Gasteiger partial charge < -0.3 is 14.9 Å². The lowest BCUT2D eigenvalue weighted by Gasteiger charge is -2.46. The molecule has 0 spiro atoms. The van der Waals surface area contributed by atoms with Crippen molar-refractivity contribution in [1.82, 2.24) is 4.90 Å². The Balaban J connectivity index is 1.83.